The van der Waals surface area contributed by atoms with Gasteiger partial charge in [0.15, 0.2) is 0 Å². The largest absolute Gasteiger partial charge is 0.103 e. The van der Waals surface area contributed by atoms with Gasteiger partial charge in [0.2, 0.25) is 0 Å². The first-order valence-electron chi connectivity index (χ1n) is 8.81. The van der Waals surface area contributed by atoms with E-state index in [1.54, 1.807) is 0 Å². The minimum absolute atomic E-state index is 1.04. The molecule has 0 spiro atoms. The Hall–Kier alpha value is -2.38. The van der Waals surface area contributed by atoms with Crippen LogP contribution in [-0.2, 0) is 0 Å². The van der Waals surface area contributed by atoms with Gasteiger partial charge in [0.1, 0.15) is 0 Å². The van der Waals surface area contributed by atoms with Gasteiger partial charge in [0, 0.05) is 0 Å². The standard InChI is InChI=1S/C24H28Si/c1-5-17-25(18-6-2,19-7-3)20-21(4)23-15-11-12-16-24(23)22-13-9-8-10-14-22/h5-16H,1-4,17-20H2. The number of hydrogen-bond acceptors (Lipinski definition) is 0. The monoisotopic (exact) mass is 344 g/mol. The van der Waals surface area contributed by atoms with E-state index in [9.17, 15) is 0 Å². The van der Waals surface area contributed by atoms with E-state index in [4.69, 9.17) is 0 Å². The first-order chi connectivity index (χ1) is 12.2. The third-order valence-corrected chi connectivity index (χ3v) is 9.35. The average molecular weight is 345 g/mol. The van der Waals surface area contributed by atoms with Gasteiger partial charge >= 0.3 is 0 Å². The highest BCUT2D eigenvalue weighted by Gasteiger charge is 2.30. The minimum atomic E-state index is -1.62. The van der Waals surface area contributed by atoms with Gasteiger partial charge in [-0.15, -0.1) is 19.7 Å². The lowest BCUT2D eigenvalue weighted by Crippen LogP contribution is -2.32. The highest BCUT2D eigenvalue weighted by molar-refractivity contribution is 6.82. The van der Waals surface area contributed by atoms with Crippen molar-refractivity contribution in [1.82, 2.24) is 0 Å². The lowest BCUT2D eigenvalue weighted by Gasteiger charge is -2.30. The Kier molecular flexibility index (Phi) is 6.97. The molecule has 2 aromatic carbocycles. The van der Waals surface area contributed by atoms with E-state index in [-0.39, 0.29) is 0 Å². The molecule has 0 heterocycles. The van der Waals surface area contributed by atoms with Gasteiger partial charge in [-0.25, -0.2) is 0 Å². The fraction of sp³-hybridized carbons (Fsp3) is 0.167. The maximum Gasteiger partial charge on any atom is 0.0691 e. The second kappa shape index (κ2) is 9.19. The summed E-state index contributed by atoms with van der Waals surface area (Å²) < 4.78 is 0. The van der Waals surface area contributed by atoms with Crippen LogP contribution < -0.4 is 0 Å². The van der Waals surface area contributed by atoms with Gasteiger partial charge in [-0.1, -0.05) is 79.4 Å². The molecule has 0 bridgehead atoms. The van der Waals surface area contributed by atoms with Crippen molar-refractivity contribution in [2.45, 2.75) is 24.2 Å². The molecule has 0 amide bonds. The fourth-order valence-electron chi connectivity index (χ4n) is 3.59. The van der Waals surface area contributed by atoms with Crippen molar-refractivity contribution in [2.75, 3.05) is 0 Å². The summed E-state index contributed by atoms with van der Waals surface area (Å²) in [7, 11) is -1.62. The molecule has 2 rings (SSSR count). The summed E-state index contributed by atoms with van der Waals surface area (Å²) in [6.45, 7) is 16.4. The molecular formula is C24H28Si. The van der Waals surface area contributed by atoms with Crippen LogP contribution in [-0.4, -0.2) is 8.07 Å². The van der Waals surface area contributed by atoms with Crippen LogP contribution >= 0.6 is 0 Å². The van der Waals surface area contributed by atoms with Crippen molar-refractivity contribution >= 4 is 13.6 Å². The van der Waals surface area contributed by atoms with Crippen LogP contribution in [0.2, 0.25) is 24.2 Å². The molecule has 0 radical (unpaired) electrons. The molecule has 0 aliphatic rings. The molecule has 0 saturated carbocycles. The van der Waals surface area contributed by atoms with E-state index < -0.39 is 8.07 Å². The third kappa shape index (κ3) is 4.80. The molecule has 0 aliphatic carbocycles. The topological polar surface area (TPSA) is 0 Å². The van der Waals surface area contributed by atoms with Crippen molar-refractivity contribution in [2.24, 2.45) is 0 Å². The maximum absolute atomic E-state index is 4.47. The minimum Gasteiger partial charge on any atom is -0.103 e. The Balaban J connectivity index is 2.38. The normalized spacial score (nSPS) is 10.9. The van der Waals surface area contributed by atoms with Crippen LogP contribution in [0, 0.1) is 0 Å². The molecular weight excluding hydrogens is 316 g/mol. The Morgan fingerprint density at radius 2 is 1.28 bits per heavy atom. The summed E-state index contributed by atoms with van der Waals surface area (Å²) in [5, 5.41) is 0. The van der Waals surface area contributed by atoms with Crippen LogP contribution in [0.25, 0.3) is 16.7 Å². The van der Waals surface area contributed by atoms with Crippen molar-refractivity contribution < 1.29 is 0 Å². The van der Waals surface area contributed by atoms with Gasteiger partial charge in [-0.05, 0) is 46.4 Å². The number of hydrogen-bond donors (Lipinski definition) is 0. The Morgan fingerprint density at radius 3 is 1.84 bits per heavy atom. The predicted octanol–water partition coefficient (Wildman–Crippen LogP) is 7.37. The van der Waals surface area contributed by atoms with Gasteiger partial charge in [-0.2, -0.15) is 0 Å². The lowest BCUT2D eigenvalue weighted by atomic mass is 9.96. The molecule has 0 unspecified atom stereocenters. The van der Waals surface area contributed by atoms with Crippen molar-refractivity contribution in [3.05, 3.63) is 105 Å². The Bertz CT molecular complexity index is 713. The second-order valence-corrected chi connectivity index (χ2v) is 11.2. The molecule has 0 nitrogen and oxygen atoms in total. The molecule has 0 saturated heterocycles. The van der Waals surface area contributed by atoms with Gasteiger partial charge in [0.05, 0.1) is 8.07 Å². The molecule has 25 heavy (non-hydrogen) atoms. The summed E-state index contributed by atoms with van der Waals surface area (Å²) in [5.74, 6) is 0. The molecule has 0 aromatic heterocycles. The quantitative estimate of drug-likeness (QED) is 0.312. The summed E-state index contributed by atoms with van der Waals surface area (Å²) in [6.07, 6.45) is 6.20. The molecule has 2 aromatic rings. The fourth-order valence-corrected chi connectivity index (χ4v) is 7.46. The number of allylic oxidation sites excluding steroid dienone is 4. The molecule has 128 valence electrons. The van der Waals surface area contributed by atoms with Crippen LogP contribution in [0.15, 0.2) is 99.1 Å². The number of benzene rings is 2. The molecule has 0 aliphatic heterocycles. The summed E-state index contributed by atoms with van der Waals surface area (Å²) in [4.78, 5) is 0. The highest BCUT2D eigenvalue weighted by Crippen LogP contribution is 2.37. The zero-order chi connectivity index (χ0) is 18.1. The van der Waals surface area contributed by atoms with E-state index in [0.29, 0.717) is 0 Å². The van der Waals surface area contributed by atoms with E-state index in [0.717, 1.165) is 24.2 Å². The average Bonchev–Trinajstić information content (AvgIpc) is 2.63. The van der Waals surface area contributed by atoms with Crippen molar-refractivity contribution in [1.29, 1.82) is 0 Å². The Morgan fingerprint density at radius 1 is 0.760 bits per heavy atom. The first-order valence-corrected chi connectivity index (χ1v) is 11.6. The second-order valence-electron chi connectivity index (χ2n) is 6.67. The summed E-state index contributed by atoms with van der Waals surface area (Å²) >= 11 is 0. The molecule has 0 atom stereocenters. The number of rotatable bonds is 10. The van der Waals surface area contributed by atoms with E-state index in [1.807, 2.05) is 0 Å². The zero-order valence-electron chi connectivity index (χ0n) is 15.1. The van der Waals surface area contributed by atoms with E-state index >= 15 is 0 Å². The van der Waals surface area contributed by atoms with Gasteiger partial charge < -0.3 is 0 Å². The SMILES string of the molecule is C=CC[Si](CC=C)(CC=C)CC(=C)c1ccccc1-c1ccccc1. The predicted molar refractivity (Wildman–Crippen MR) is 116 cm³/mol. The Labute approximate surface area is 153 Å². The van der Waals surface area contributed by atoms with Crippen LogP contribution in [0.3, 0.4) is 0 Å². The van der Waals surface area contributed by atoms with Crippen LogP contribution in [0.4, 0.5) is 0 Å². The van der Waals surface area contributed by atoms with Crippen LogP contribution in [0.5, 0.6) is 0 Å². The molecule has 1 heteroatoms. The van der Waals surface area contributed by atoms with Gasteiger partial charge in [0.25, 0.3) is 0 Å². The van der Waals surface area contributed by atoms with Crippen molar-refractivity contribution in [3.8, 4) is 11.1 Å². The first kappa shape index (κ1) is 18.9. The lowest BCUT2D eigenvalue weighted by molar-refractivity contribution is 1.30. The zero-order valence-corrected chi connectivity index (χ0v) is 16.1. The van der Waals surface area contributed by atoms with Gasteiger partial charge in [-0.3, -0.25) is 0 Å². The third-order valence-electron chi connectivity index (χ3n) is 4.71. The smallest absolute Gasteiger partial charge is 0.0691 e. The summed E-state index contributed by atoms with van der Waals surface area (Å²) in [5.41, 5.74) is 4.97. The molecule has 0 N–H and O–H groups in total. The molecule has 0 fully saturated rings. The van der Waals surface area contributed by atoms with Crippen molar-refractivity contribution in [3.63, 3.8) is 0 Å². The maximum atomic E-state index is 4.47. The highest BCUT2D eigenvalue weighted by atomic mass is 28.3. The summed E-state index contributed by atoms with van der Waals surface area (Å²) in [6, 6.07) is 23.4. The van der Waals surface area contributed by atoms with E-state index in [1.165, 1.54) is 22.3 Å². The van der Waals surface area contributed by atoms with E-state index in [2.05, 4.69) is 99.1 Å². The van der Waals surface area contributed by atoms with Crippen LogP contribution in [0.1, 0.15) is 5.56 Å².